The molecule has 1 saturated carbocycles. The van der Waals surface area contributed by atoms with Gasteiger partial charge >= 0.3 is 0 Å². The summed E-state index contributed by atoms with van der Waals surface area (Å²) in [7, 11) is 3.38. The Balaban J connectivity index is 1.90. The van der Waals surface area contributed by atoms with E-state index in [1.54, 1.807) is 37.3 Å². The monoisotopic (exact) mass is 473 g/mol. The molecule has 0 saturated heterocycles. The summed E-state index contributed by atoms with van der Waals surface area (Å²) in [6.07, 6.45) is 3.75. The second kappa shape index (κ2) is 11.7. The number of benzene rings is 1. The van der Waals surface area contributed by atoms with E-state index in [2.05, 4.69) is 12.2 Å². The molecule has 2 aliphatic rings. The van der Waals surface area contributed by atoms with Gasteiger partial charge in [-0.25, -0.2) is 0 Å². The molecule has 0 aromatic heterocycles. The Labute approximate surface area is 202 Å². The van der Waals surface area contributed by atoms with Gasteiger partial charge in [0.1, 0.15) is 12.4 Å². The van der Waals surface area contributed by atoms with Crippen molar-refractivity contribution in [3.8, 4) is 5.75 Å². The van der Waals surface area contributed by atoms with Crippen LogP contribution in [0.4, 0.5) is 5.69 Å². The molecule has 34 heavy (non-hydrogen) atoms. The van der Waals surface area contributed by atoms with Crippen molar-refractivity contribution in [1.82, 2.24) is 9.80 Å². The van der Waals surface area contributed by atoms with Gasteiger partial charge in [0.25, 0.3) is 5.91 Å². The van der Waals surface area contributed by atoms with Gasteiger partial charge in [0.05, 0.1) is 17.7 Å². The lowest BCUT2D eigenvalue weighted by atomic mass is 10.0. The molecule has 1 aromatic carbocycles. The fourth-order valence-electron chi connectivity index (χ4n) is 4.34. The zero-order valence-electron chi connectivity index (χ0n) is 21.1. The summed E-state index contributed by atoms with van der Waals surface area (Å²) < 4.78 is 11.9. The van der Waals surface area contributed by atoms with Crippen LogP contribution in [0, 0.1) is 11.8 Å². The van der Waals surface area contributed by atoms with Crippen molar-refractivity contribution in [2.24, 2.45) is 11.8 Å². The topological polar surface area (TPSA) is 88.2 Å². The van der Waals surface area contributed by atoms with E-state index in [4.69, 9.17) is 9.47 Å². The third-order valence-electron chi connectivity index (χ3n) is 6.69. The SMILES string of the molecule is CCCC(=O)Nc1ccc2c(c1)C(=O)N(C)C[C@H](OC)[C@@H](C)CN(C(=O)CC1CC1)[C@H](C)CO2. The minimum atomic E-state index is -0.228. The van der Waals surface area contributed by atoms with Gasteiger partial charge in [-0.15, -0.1) is 0 Å². The molecular formula is C26H39N3O5. The van der Waals surface area contributed by atoms with Crippen molar-refractivity contribution < 1.29 is 23.9 Å². The summed E-state index contributed by atoms with van der Waals surface area (Å²) in [5.41, 5.74) is 0.934. The number of amides is 3. The summed E-state index contributed by atoms with van der Waals surface area (Å²) in [6.45, 7) is 7.17. The highest BCUT2D eigenvalue weighted by Crippen LogP contribution is 2.33. The molecule has 1 aliphatic heterocycles. The third-order valence-corrected chi connectivity index (χ3v) is 6.69. The van der Waals surface area contributed by atoms with E-state index in [9.17, 15) is 14.4 Å². The maximum Gasteiger partial charge on any atom is 0.257 e. The van der Waals surface area contributed by atoms with Crippen molar-refractivity contribution in [3.63, 3.8) is 0 Å². The Kier molecular flexibility index (Phi) is 8.94. The molecule has 0 radical (unpaired) electrons. The Bertz CT molecular complexity index is 885. The minimum Gasteiger partial charge on any atom is -0.491 e. The van der Waals surface area contributed by atoms with Gasteiger partial charge < -0.3 is 24.6 Å². The van der Waals surface area contributed by atoms with Gasteiger partial charge in [-0.1, -0.05) is 13.8 Å². The molecule has 0 unspecified atom stereocenters. The second-order valence-electron chi connectivity index (χ2n) is 9.80. The number of hydrogen-bond donors (Lipinski definition) is 1. The molecule has 1 aliphatic carbocycles. The maximum atomic E-state index is 13.4. The lowest BCUT2D eigenvalue weighted by Crippen LogP contribution is -2.48. The highest BCUT2D eigenvalue weighted by Gasteiger charge is 2.33. The van der Waals surface area contributed by atoms with Crippen LogP contribution in [-0.4, -0.2) is 73.5 Å². The summed E-state index contributed by atoms with van der Waals surface area (Å²) in [6, 6.07) is 4.97. The molecular weight excluding hydrogens is 434 g/mol. The molecule has 8 nitrogen and oxygen atoms in total. The molecule has 1 N–H and O–H groups in total. The first-order chi connectivity index (χ1) is 16.2. The number of ether oxygens (including phenoxy) is 2. The van der Waals surface area contributed by atoms with Crippen LogP contribution >= 0.6 is 0 Å². The van der Waals surface area contributed by atoms with E-state index in [0.717, 1.165) is 19.3 Å². The lowest BCUT2D eigenvalue weighted by molar-refractivity contribution is -0.135. The predicted octanol–water partition coefficient (Wildman–Crippen LogP) is 3.56. The number of nitrogens with zero attached hydrogens (tertiary/aromatic N) is 2. The molecule has 1 fully saturated rings. The Morgan fingerprint density at radius 2 is 1.94 bits per heavy atom. The average Bonchev–Trinajstić information content (AvgIpc) is 3.62. The van der Waals surface area contributed by atoms with Gasteiger partial charge in [-0.05, 0) is 50.3 Å². The van der Waals surface area contributed by atoms with Crippen molar-refractivity contribution in [2.75, 3.05) is 39.2 Å². The van der Waals surface area contributed by atoms with E-state index in [1.807, 2.05) is 18.7 Å². The molecule has 0 spiro atoms. The molecule has 8 heteroatoms. The van der Waals surface area contributed by atoms with Crippen molar-refractivity contribution >= 4 is 23.4 Å². The smallest absolute Gasteiger partial charge is 0.257 e. The Morgan fingerprint density at radius 1 is 1.21 bits per heavy atom. The molecule has 1 heterocycles. The summed E-state index contributed by atoms with van der Waals surface area (Å²) in [5.74, 6) is 0.825. The zero-order valence-corrected chi connectivity index (χ0v) is 21.1. The highest BCUT2D eigenvalue weighted by molar-refractivity contribution is 5.99. The average molecular weight is 474 g/mol. The standard InChI is InChI=1S/C26H39N3O5/c1-6-7-24(30)27-20-10-11-22-21(13-20)26(32)28(4)15-23(33-5)17(2)14-29(18(3)16-34-22)25(31)12-19-8-9-19/h10-11,13,17-19,23H,6-9,12,14-16H2,1-5H3,(H,27,30)/t17-,18+,23-/m0/s1. The van der Waals surface area contributed by atoms with Crippen LogP contribution < -0.4 is 10.1 Å². The molecule has 1 aromatic rings. The molecule has 0 bridgehead atoms. The molecule has 3 amide bonds. The van der Waals surface area contributed by atoms with Crippen LogP contribution in [0.15, 0.2) is 18.2 Å². The fraction of sp³-hybridized carbons (Fsp3) is 0.654. The van der Waals surface area contributed by atoms with Crippen molar-refractivity contribution in [1.29, 1.82) is 0 Å². The van der Waals surface area contributed by atoms with Crippen LogP contribution in [0.5, 0.6) is 5.75 Å². The van der Waals surface area contributed by atoms with Gasteiger partial charge in [0.15, 0.2) is 0 Å². The predicted molar refractivity (Wildman–Crippen MR) is 131 cm³/mol. The van der Waals surface area contributed by atoms with Crippen LogP contribution in [-0.2, 0) is 14.3 Å². The fourth-order valence-corrected chi connectivity index (χ4v) is 4.34. The van der Waals surface area contributed by atoms with Crippen LogP contribution in [0.1, 0.15) is 63.2 Å². The first kappa shape index (κ1) is 26.0. The summed E-state index contributed by atoms with van der Waals surface area (Å²) in [4.78, 5) is 42.1. The van der Waals surface area contributed by atoms with E-state index in [1.165, 1.54) is 0 Å². The summed E-state index contributed by atoms with van der Waals surface area (Å²) >= 11 is 0. The maximum absolute atomic E-state index is 13.4. The number of nitrogens with one attached hydrogen (secondary N) is 1. The van der Waals surface area contributed by atoms with E-state index in [0.29, 0.717) is 48.8 Å². The number of carbonyl (C=O) groups is 3. The van der Waals surface area contributed by atoms with Crippen molar-refractivity contribution in [3.05, 3.63) is 23.8 Å². The van der Waals surface area contributed by atoms with Gasteiger partial charge in [0, 0.05) is 51.7 Å². The van der Waals surface area contributed by atoms with E-state index < -0.39 is 0 Å². The van der Waals surface area contributed by atoms with Crippen molar-refractivity contribution in [2.45, 2.75) is 65.0 Å². The quantitative estimate of drug-likeness (QED) is 0.683. The minimum absolute atomic E-state index is 0.0319. The first-order valence-corrected chi connectivity index (χ1v) is 12.4. The Morgan fingerprint density at radius 3 is 2.59 bits per heavy atom. The van der Waals surface area contributed by atoms with Gasteiger partial charge in [-0.3, -0.25) is 14.4 Å². The third kappa shape index (κ3) is 6.72. The lowest BCUT2D eigenvalue weighted by Gasteiger charge is -2.36. The second-order valence-corrected chi connectivity index (χ2v) is 9.80. The van der Waals surface area contributed by atoms with Crippen LogP contribution in [0.25, 0.3) is 0 Å². The number of rotatable bonds is 6. The van der Waals surface area contributed by atoms with E-state index >= 15 is 0 Å². The normalized spacial score (nSPS) is 23.9. The van der Waals surface area contributed by atoms with Crippen LogP contribution in [0.2, 0.25) is 0 Å². The van der Waals surface area contributed by atoms with Gasteiger partial charge in [0.2, 0.25) is 11.8 Å². The number of likely N-dealkylation sites (N-methyl/N-ethyl adjacent to an activating group) is 1. The molecule has 188 valence electrons. The summed E-state index contributed by atoms with van der Waals surface area (Å²) in [5, 5.41) is 2.85. The first-order valence-electron chi connectivity index (χ1n) is 12.4. The Hall–Kier alpha value is -2.61. The molecule has 3 rings (SSSR count). The largest absolute Gasteiger partial charge is 0.491 e. The van der Waals surface area contributed by atoms with Crippen LogP contribution in [0.3, 0.4) is 0 Å². The van der Waals surface area contributed by atoms with E-state index in [-0.39, 0.29) is 42.4 Å². The number of anilines is 1. The molecule has 3 atom stereocenters. The number of hydrogen-bond acceptors (Lipinski definition) is 5. The number of fused-ring (bicyclic) bond motifs is 1. The number of methoxy groups -OCH3 is 1. The van der Waals surface area contributed by atoms with Gasteiger partial charge in [-0.2, -0.15) is 0 Å². The highest BCUT2D eigenvalue weighted by atomic mass is 16.5. The zero-order chi connectivity index (χ0) is 24.8. The number of carbonyl (C=O) groups excluding carboxylic acids is 3.